The van der Waals surface area contributed by atoms with E-state index >= 15 is 0 Å². The maximum atomic E-state index is 12.7. The molecule has 1 N–H and O–H groups in total. The van der Waals surface area contributed by atoms with Crippen LogP contribution in [0.5, 0.6) is 0 Å². The van der Waals surface area contributed by atoms with E-state index in [9.17, 15) is 9.59 Å². The summed E-state index contributed by atoms with van der Waals surface area (Å²) in [6.45, 7) is 9.02. The van der Waals surface area contributed by atoms with Gasteiger partial charge in [0.1, 0.15) is 6.04 Å². The van der Waals surface area contributed by atoms with E-state index in [1.807, 2.05) is 18.7 Å². The van der Waals surface area contributed by atoms with Gasteiger partial charge in [0.05, 0.1) is 7.11 Å². The van der Waals surface area contributed by atoms with Gasteiger partial charge in [-0.3, -0.25) is 4.79 Å². The first-order valence-electron chi connectivity index (χ1n) is 7.51. The highest BCUT2D eigenvalue weighted by molar-refractivity contribution is 5.86. The monoisotopic (exact) mass is 284 g/mol. The first-order valence-corrected chi connectivity index (χ1v) is 7.51. The molecular formula is C15H28N2O3. The summed E-state index contributed by atoms with van der Waals surface area (Å²) in [6.07, 6.45) is 2.59. The van der Waals surface area contributed by atoms with Crippen LogP contribution >= 0.6 is 0 Å². The molecule has 0 bridgehead atoms. The highest BCUT2D eigenvalue weighted by Gasteiger charge is 2.35. The molecule has 1 saturated heterocycles. The molecule has 1 aliphatic rings. The van der Waals surface area contributed by atoms with Crippen molar-refractivity contribution in [1.29, 1.82) is 0 Å². The van der Waals surface area contributed by atoms with Gasteiger partial charge < -0.3 is 15.0 Å². The van der Waals surface area contributed by atoms with Crippen LogP contribution in [-0.4, -0.2) is 42.6 Å². The number of methoxy groups -OCH3 is 1. The Labute approximate surface area is 122 Å². The van der Waals surface area contributed by atoms with Crippen molar-refractivity contribution in [2.45, 2.75) is 59.0 Å². The van der Waals surface area contributed by atoms with Gasteiger partial charge in [-0.25, -0.2) is 4.79 Å². The second kappa shape index (κ2) is 7.50. The summed E-state index contributed by atoms with van der Waals surface area (Å²) >= 11 is 0. The van der Waals surface area contributed by atoms with Crippen LogP contribution in [-0.2, 0) is 9.53 Å². The molecule has 5 heteroatoms. The summed E-state index contributed by atoms with van der Waals surface area (Å²) in [6, 6.07) is -0.196. The van der Waals surface area contributed by atoms with E-state index in [0.29, 0.717) is 12.0 Å². The molecule has 2 atom stereocenters. The minimum Gasteiger partial charge on any atom is -0.453 e. The molecule has 116 valence electrons. The topological polar surface area (TPSA) is 58.6 Å². The van der Waals surface area contributed by atoms with Crippen molar-refractivity contribution < 1.29 is 14.3 Å². The normalized spacial score (nSPS) is 20.4. The Bertz CT molecular complexity index is 342. The summed E-state index contributed by atoms with van der Waals surface area (Å²) in [4.78, 5) is 26.0. The fourth-order valence-electron chi connectivity index (χ4n) is 2.79. The van der Waals surface area contributed by atoms with Crippen LogP contribution in [0.4, 0.5) is 4.79 Å². The van der Waals surface area contributed by atoms with Crippen molar-refractivity contribution >= 4 is 12.0 Å². The summed E-state index contributed by atoms with van der Waals surface area (Å²) in [5.74, 6) is 0.634. The summed E-state index contributed by atoms with van der Waals surface area (Å²) in [5, 5.41) is 2.66. The van der Waals surface area contributed by atoms with Crippen LogP contribution in [0.3, 0.4) is 0 Å². The van der Waals surface area contributed by atoms with Crippen LogP contribution in [0.1, 0.15) is 47.0 Å². The number of ether oxygens (including phenoxy) is 1. The number of hydrogen-bond donors (Lipinski definition) is 1. The molecule has 1 heterocycles. The minimum atomic E-state index is -0.545. The standard InChI is InChI=1S/C15H28N2O3/c1-10(2)9-12-7-6-8-17(12)14(18)13(11(3)4)16-15(19)20-5/h10-13H,6-9H2,1-5H3,(H,16,19)/t12-,13-/m0/s1. The maximum absolute atomic E-state index is 12.7. The third-order valence-corrected chi connectivity index (χ3v) is 3.80. The molecule has 0 aliphatic carbocycles. The number of amides is 2. The number of rotatable bonds is 5. The molecule has 0 aromatic heterocycles. The molecule has 0 unspecified atom stereocenters. The fraction of sp³-hybridized carbons (Fsp3) is 0.867. The number of hydrogen-bond acceptors (Lipinski definition) is 3. The van der Waals surface area contributed by atoms with Gasteiger partial charge in [0.15, 0.2) is 0 Å². The van der Waals surface area contributed by atoms with E-state index in [1.54, 1.807) is 0 Å². The predicted octanol–water partition coefficient (Wildman–Crippen LogP) is 2.40. The third kappa shape index (κ3) is 4.39. The van der Waals surface area contributed by atoms with Gasteiger partial charge in [-0.05, 0) is 31.1 Å². The number of likely N-dealkylation sites (tertiary alicyclic amines) is 1. The zero-order valence-corrected chi connectivity index (χ0v) is 13.3. The summed E-state index contributed by atoms with van der Waals surface area (Å²) in [7, 11) is 1.31. The molecule has 0 aromatic carbocycles. The van der Waals surface area contributed by atoms with Gasteiger partial charge in [-0.15, -0.1) is 0 Å². The van der Waals surface area contributed by atoms with Gasteiger partial charge in [-0.2, -0.15) is 0 Å². The molecule has 0 aromatic rings. The second-order valence-corrected chi connectivity index (χ2v) is 6.31. The fourth-order valence-corrected chi connectivity index (χ4v) is 2.79. The van der Waals surface area contributed by atoms with Gasteiger partial charge in [0.25, 0.3) is 0 Å². The van der Waals surface area contributed by atoms with Crippen molar-refractivity contribution in [3.63, 3.8) is 0 Å². The molecule has 0 radical (unpaired) electrons. The van der Waals surface area contributed by atoms with Crippen molar-refractivity contribution in [1.82, 2.24) is 10.2 Å². The van der Waals surface area contributed by atoms with E-state index in [2.05, 4.69) is 23.9 Å². The lowest BCUT2D eigenvalue weighted by molar-refractivity contribution is -0.135. The Hall–Kier alpha value is -1.26. The maximum Gasteiger partial charge on any atom is 0.407 e. The molecule has 0 saturated carbocycles. The number of carbonyl (C=O) groups is 2. The molecule has 0 spiro atoms. The van der Waals surface area contributed by atoms with Crippen molar-refractivity contribution in [3.05, 3.63) is 0 Å². The van der Waals surface area contributed by atoms with E-state index in [0.717, 1.165) is 25.8 Å². The van der Waals surface area contributed by atoms with E-state index in [1.165, 1.54) is 7.11 Å². The van der Waals surface area contributed by atoms with E-state index in [-0.39, 0.29) is 11.8 Å². The van der Waals surface area contributed by atoms with Crippen LogP contribution in [0, 0.1) is 11.8 Å². The highest BCUT2D eigenvalue weighted by atomic mass is 16.5. The Morgan fingerprint density at radius 1 is 1.30 bits per heavy atom. The predicted molar refractivity (Wildman–Crippen MR) is 78.4 cm³/mol. The van der Waals surface area contributed by atoms with Crippen molar-refractivity contribution in [2.75, 3.05) is 13.7 Å². The summed E-state index contributed by atoms with van der Waals surface area (Å²) in [5.41, 5.74) is 0. The Kier molecular flexibility index (Phi) is 6.30. The number of nitrogens with zero attached hydrogens (tertiary/aromatic N) is 1. The minimum absolute atomic E-state index is 0.0218. The van der Waals surface area contributed by atoms with Gasteiger partial charge in [0.2, 0.25) is 5.91 Å². The second-order valence-electron chi connectivity index (χ2n) is 6.31. The molecule has 1 aliphatic heterocycles. The lowest BCUT2D eigenvalue weighted by atomic mass is 9.99. The Morgan fingerprint density at radius 3 is 2.45 bits per heavy atom. The summed E-state index contributed by atoms with van der Waals surface area (Å²) < 4.78 is 4.61. The smallest absolute Gasteiger partial charge is 0.407 e. The molecule has 1 rings (SSSR count). The van der Waals surface area contributed by atoms with Crippen LogP contribution in [0.25, 0.3) is 0 Å². The van der Waals surface area contributed by atoms with Crippen molar-refractivity contribution in [3.8, 4) is 0 Å². The zero-order chi connectivity index (χ0) is 15.3. The zero-order valence-electron chi connectivity index (χ0n) is 13.3. The first-order chi connectivity index (χ1) is 9.36. The van der Waals surface area contributed by atoms with E-state index in [4.69, 9.17) is 0 Å². The average molecular weight is 284 g/mol. The van der Waals surface area contributed by atoms with Crippen LogP contribution in [0.15, 0.2) is 0 Å². The van der Waals surface area contributed by atoms with Gasteiger partial charge in [-0.1, -0.05) is 27.7 Å². The van der Waals surface area contributed by atoms with Crippen LogP contribution < -0.4 is 5.32 Å². The largest absolute Gasteiger partial charge is 0.453 e. The van der Waals surface area contributed by atoms with Gasteiger partial charge in [0, 0.05) is 12.6 Å². The Morgan fingerprint density at radius 2 is 1.95 bits per heavy atom. The lowest BCUT2D eigenvalue weighted by Crippen LogP contribution is -2.52. The average Bonchev–Trinajstić information content (AvgIpc) is 2.81. The van der Waals surface area contributed by atoms with Crippen LogP contribution in [0.2, 0.25) is 0 Å². The Balaban J connectivity index is 2.75. The SMILES string of the molecule is COC(=O)N[C@H](C(=O)N1CCC[C@H]1CC(C)C)C(C)C. The number of alkyl carbamates (subject to hydrolysis) is 1. The first kappa shape index (κ1) is 16.8. The quantitative estimate of drug-likeness (QED) is 0.843. The number of nitrogens with one attached hydrogen (secondary N) is 1. The molecule has 20 heavy (non-hydrogen) atoms. The highest BCUT2D eigenvalue weighted by Crippen LogP contribution is 2.25. The number of carbonyl (C=O) groups excluding carboxylic acids is 2. The molecule has 2 amide bonds. The third-order valence-electron chi connectivity index (χ3n) is 3.80. The molecule has 1 fully saturated rings. The van der Waals surface area contributed by atoms with Crippen molar-refractivity contribution in [2.24, 2.45) is 11.8 Å². The molecular weight excluding hydrogens is 256 g/mol. The van der Waals surface area contributed by atoms with E-state index < -0.39 is 12.1 Å². The lowest BCUT2D eigenvalue weighted by Gasteiger charge is -2.31. The van der Waals surface area contributed by atoms with Gasteiger partial charge >= 0.3 is 6.09 Å². The molecule has 5 nitrogen and oxygen atoms in total.